The first-order valence-corrected chi connectivity index (χ1v) is 6.98. The molecule has 0 spiro atoms. The fourth-order valence-corrected chi connectivity index (χ4v) is 1.91. The maximum Gasteiger partial charge on any atom is 0.270 e. The molecule has 5 heteroatoms. The van der Waals surface area contributed by atoms with Crippen molar-refractivity contribution in [3.8, 4) is 0 Å². The highest BCUT2D eigenvalue weighted by Gasteiger charge is 2.09. The molecule has 1 aromatic heterocycles. The molecule has 0 aliphatic heterocycles. The summed E-state index contributed by atoms with van der Waals surface area (Å²) >= 11 is 0. The molecule has 2 aromatic rings. The minimum Gasteiger partial charge on any atom is -0.350 e. The van der Waals surface area contributed by atoms with Crippen molar-refractivity contribution in [2.24, 2.45) is 0 Å². The van der Waals surface area contributed by atoms with Crippen molar-refractivity contribution in [1.82, 2.24) is 15.3 Å². The second-order valence-electron chi connectivity index (χ2n) is 5.24. The minimum absolute atomic E-state index is 0.0798. The van der Waals surface area contributed by atoms with Crippen molar-refractivity contribution in [2.45, 2.75) is 33.4 Å². The van der Waals surface area contributed by atoms with Crippen molar-refractivity contribution in [3.63, 3.8) is 0 Å². The SMILES string of the molecule is Cc1cccc(CNc2nccc(C(=O)NC(C)C)n2)c1. The lowest BCUT2D eigenvalue weighted by Gasteiger charge is -2.09. The summed E-state index contributed by atoms with van der Waals surface area (Å²) in [6, 6.07) is 9.89. The molecule has 1 amide bonds. The predicted octanol–water partition coefficient (Wildman–Crippen LogP) is 2.54. The van der Waals surface area contributed by atoms with E-state index in [-0.39, 0.29) is 11.9 Å². The van der Waals surface area contributed by atoms with Gasteiger partial charge in [-0.3, -0.25) is 4.79 Å². The number of carbonyl (C=O) groups is 1. The fraction of sp³-hybridized carbons (Fsp3) is 0.312. The Balaban J connectivity index is 2.02. The van der Waals surface area contributed by atoms with Gasteiger partial charge in [-0.2, -0.15) is 0 Å². The van der Waals surface area contributed by atoms with E-state index in [1.54, 1.807) is 12.3 Å². The maximum absolute atomic E-state index is 11.9. The normalized spacial score (nSPS) is 10.5. The maximum atomic E-state index is 11.9. The molecule has 1 heterocycles. The number of benzene rings is 1. The summed E-state index contributed by atoms with van der Waals surface area (Å²) in [6.45, 7) is 6.50. The minimum atomic E-state index is -0.189. The van der Waals surface area contributed by atoms with Crippen LogP contribution in [0.5, 0.6) is 0 Å². The fourth-order valence-electron chi connectivity index (χ4n) is 1.91. The van der Waals surface area contributed by atoms with E-state index in [2.05, 4.69) is 39.7 Å². The Kier molecular flexibility index (Phi) is 4.87. The highest BCUT2D eigenvalue weighted by atomic mass is 16.1. The second kappa shape index (κ2) is 6.83. The van der Waals surface area contributed by atoms with Crippen LogP contribution in [0.1, 0.15) is 35.5 Å². The number of hydrogen-bond donors (Lipinski definition) is 2. The number of anilines is 1. The van der Waals surface area contributed by atoms with Gasteiger partial charge in [0.2, 0.25) is 5.95 Å². The number of amides is 1. The van der Waals surface area contributed by atoms with Gasteiger partial charge in [-0.05, 0) is 32.4 Å². The van der Waals surface area contributed by atoms with Crippen LogP contribution in [0.15, 0.2) is 36.5 Å². The Hall–Kier alpha value is -2.43. The van der Waals surface area contributed by atoms with Gasteiger partial charge in [0, 0.05) is 18.8 Å². The quantitative estimate of drug-likeness (QED) is 0.885. The Morgan fingerprint density at radius 2 is 2.10 bits per heavy atom. The number of nitrogens with one attached hydrogen (secondary N) is 2. The number of nitrogens with zero attached hydrogens (tertiary/aromatic N) is 2. The van der Waals surface area contributed by atoms with Crippen LogP contribution in [0.25, 0.3) is 0 Å². The number of aromatic nitrogens is 2. The predicted molar refractivity (Wildman–Crippen MR) is 83.1 cm³/mol. The highest BCUT2D eigenvalue weighted by Crippen LogP contribution is 2.07. The first kappa shape index (κ1) is 15.0. The Morgan fingerprint density at radius 3 is 2.81 bits per heavy atom. The monoisotopic (exact) mass is 284 g/mol. The van der Waals surface area contributed by atoms with Crippen molar-refractivity contribution in [1.29, 1.82) is 0 Å². The smallest absolute Gasteiger partial charge is 0.270 e. The van der Waals surface area contributed by atoms with Crippen LogP contribution in [0.4, 0.5) is 5.95 Å². The topological polar surface area (TPSA) is 66.9 Å². The van der Waals surface area contributed by atoms with Crippen LogP contribution in [-0.4, -0.2) is 21.9 Å². The van der Waals surface area contributed by atoms with Gasteiger partial charge in [-0.1, -0.05) is 29.8 Å². The molecule has 0 unspecified atom stereocenters. The number of hydrogen-bond acceptors (Lipinski definition) is 4. The van der Waals surface area contributed by atoms with Gasteiger partial charge in [0.25, 0.3) is 5.91 Å². The number of carbonyl (C=O) groups excluding carboxylic acids is 1. The summed E-state index contributed by atoms with van der Waals surface area (Å²) in [5.41, 5.74) is 2.72. The van der Waals surface area contributed by atoms with Gasteiger partial charge >= 0.3 is 0 Å². The average molecular weight is 284 g/mol. The van der Waals surface area contributed by atoms with Gasteiger partial charge in [-0.15, -0.1) is 0 Å². The first-order valence-electron chi connectivity index (χ1n) is 6.98. The van der Waals surface area contributed by atoms with Crippen molar-refractivity contribution in [3.05, 3.63) is 53.3 Å². The lowest BCUT2D eigenvalue weighted by Crippen LogP contribution is -2.30. The van der Waals surface area contributed by atoms with Crippen LogP contribution >= 0.6 is 0 Å². The molecule has 110 valence electrons. The van der Waals surface area contributed by atoms with Gasteiger partial charge in [0.05, 0.1) is 0 Å². The third-order valence-electron chi connectivity index (χ3n) is 2.84. The zero-order chi connectivity index (χ0) is 15.2. The van der Waals surface area contributed by atoms with Gasteiger partial charge in [0.1, 0.15) is 5.69 Å². The molecule has 0 atom stereocenters. The van der Waals surface area contributed by atoms with E-state index in [9.17, 15) is 4.79 Å². The van der Waals surface area contributed by atoms with Gasteiger partial charge in [-0.25, -0.2) is 9.97 Å². The molecule has 0 aliphatic rings. The Labute approximate surface area is 124 Å². The van der Waals surface area contributed by atoms with Crippen molar-refractivity contribution >= 4 is 11.9 Å². The summed E-state index contributed by atoms with van der Waals surface area (Å²) in [6.07, 6.45) is 1.58. The molecule has 0 bridgehead atoms. The molecule has 2 rings (SSSR count). The molecule has 1 aromatic carbocycles. The van der Waals surface area contributed by atoms with Crippen LogP contribution < -0.4 is 10.6 Å². The van der Waals surface area contributed by atoms with E-state index < -0.39 is 0 Å². The average Bonchev–Trinajstić information content (AvgIpc) is 2.45. The van der Waals surface area contributed by atoms with Crippen LogP contribution in [0.3, 0.4) is 0 Å². The molecular weight excluding hydrogens is 264 g/mol. The van der Waals surface area contributed by atoms with E-state index in [1.807, 2.05) is 26.0 Å². The Bertz CT molecular complexity index is 625. The Morgan fingerprint density at radius 1 is 1.29 bits per heavy atom. The van der Waals surface area contributed by atoms with E-state index in [0.29, 0.717) is 18.2 Å². The van der Waals surface area contributed by atoms with Crippen LogP contribution in [0, 0.1) is 6.92 Å². The van der Waals surface area contributed by atoms with Crippen LogP contribution in [-0.2, 0) is 6.54 Å². The molecule has 0 fully saturated rings. The molecule has 5 nitrogen and oxygen atoms in total. The molecule has 0 radical (unpaired) electrons. The molecule has 0 saturated heterocycles. The van der Waals surface area contributed by atoms with Crippen LogP contribution in [0.2, 0.25) is 0 Å². The van der Waals surface area contributed by atoms with Crippen molar-refractivity contribution < 1.29 is 4.79 Å². The summed E-state index contributed by atoms with van der Waals surface area (Å²) in [5.74, 6) is 0.263. The molecule has 0 saturated carbocycles. The molecule has 0 aliphatic carbocycles. The third-order valence-corrected chi connectivity index (χ3v) is 2.84. The number of aryl methyl sites for hydroxylation is 1. The largest absolute Gasteiger partial charge is 0.350 e. The van der Waals surface area contributed by atoms with E-state index in [4.69, 9.17) is 0 Å². The summed E-state index contributed by atoms with van der Waals surface area (Å²) < 4.78 is 0. The zero-order valence-electron chi connectivity index (χ0n) is 12.6. The molecule has 2 N–H and O–H groups in total. The second-order valence-corrected chi connectivity index (χ2v) is 5.24. The third kappa shape index (κ3) is 4.56. The summed E-state index contributed by atoms with van der Waals surface area (Å²) in [5, 5.41) is 5.95. The van der Waals surface area contributed by atoms with Crippen molar-refractivity contribution in [2.75, 3.05) is 5.32 Å². The highest BCUT2D eigenvalue weighted by molar-refractivity contribution is 5.92. The lowest BCUT2D eigenvalue weighted by atomic mass is 10.1. The molecular formula is C16H20N4O. The zero-order valence-corrected chi connectivity index (χ0v) is 12.6. The van der Waals surface area contributed by atoms with Gasteiger partial charge < -0.3 is 10.6 Å². The lowest BCUT2D eigenvalue weighted by molar-refractivity contribution is 0.0938. The standard InChI is InChI=1S/C16H20N4O/c1-11(2)19-15(21)14-7-8-17-16(20-14)18-10-13-6-4-5-12(3)9-13/h4-9,11H,10H2,1-3H3,(H,19,21)(H,17,18,20). The van der Waals surface area contributed by atoms with E-state index >= 15 is 0 Å². The number of rotatable bonds is 5. The van der Waals surface area contributed by atoms with E-state index in [0.717, 1.165) is 5.56 Å². The molecule has 21 heavy (non-hydrogen) atoms. The van der Waals surface area contributed by atoms with Gasteiger partial charge in [0.15, 0.2) is 0 Å². The van der Waals surface area contributed by atoms with E-state index in [1.165, 1.54) is 5.56 Å². The summed E-state index contributed by atoms with van der Waals surface area (Å²) in [7, 11) is 0. The first-order chi connectivity index (χ1) is 10.0. The summed E-state index contributed by atoms with van der Waals surface area (Å²) in [4.78, 5) is 20.3.